The van der Waals surface area contributed by atoms with E-state index in [2.05, 4.69) is 25.9 Å². The summed E-state index contributed by atoms with van der Waals surface area (Å²) >= 11 is 7.42. The van der Waals surface area contributed by atoms with Gasteiger partial charge >= 0.3 is 0 Å². The number of aromatic nitrogens is 1. The topological polar surface area (TPSA) is 121 Å². The molecule has 1 aliphatic carbocycles. The van der Waals surface area contributed by atoms with Crippen LogP contribution in [0.2, 0.25) is 5.02 Å². The SMILES string of the molecule is CN=C/C(=C\N)NC(=O)C(CC1CCCC1)NC(=O)c1ccc(CNc2cc(Cl)cnc2C)s1. The van der Waals surface area contributed by atoms with Crippen molar-refractivity contribution in [3.05, 3.63) is 56.8 Å². The van der Waals surface area contributed by atoms with Crippen molar-refractivity contribution < 1.29 is 9.59 Å². The maximum atomic E-state index is 13.0. The van der Waals surface area contributed by atoms with E-state index in [1.165, 1.54) is 23.8 Å². The van der Waals surface area contributed by atoms with Crippen LogP contribution in [0.25, 0.3) is 0 Å². The second kappa shape index (κ2) is 12.5. The van der Waals surface area contributed by atoms with Crippen LogP contribution >= 0.6 is 22.9 Å². The summed E-state index contributed by atoms with van der Waals surface area (Å²) in [4.78, 5) is 35.6. The molecule has 1 aliphatic rings. The molecule has 1 saturated carbocycles. The molecular formula is C24H31ClN6O2S. The molecule has 2 heterocycles. The van der Waals surface area contributed by atoms with E-state index >= 15 is 0 Å². The van der Waals surface area contributed by atoms with Crippen LogP contribution < -0.4 is 21.7 Å². The number of allylic oxidation sites excluding steroid dienone is 1. The van der Waals surface area contributed by atoms with E-state index in [1.54, 1.807) is 19.3 Å². The number of anilines is 1. The lowest BCUT2D eigenvalue weighted by atomic mass is 9.97. The molecule has 0 spiro atoms. The molecule has 2 aromatic rings. The van der Waals surface area contributed by atoms with Gasteiger partial charge in [-0.3, -0.25) is 19.6 Å². The summed E-state index contributed by atoms with van der Waals surface area (Å²) in [5.41, 5.74) is 7.67. The molecule has 0 radical (unpaired) electrons. The van der Waals surface area contributed by atoms with Crippen LogP contribution in [0.3, 0.4) is 0 Å². The van der Waals surface area contributed by atoms with Crippen LogP contribution in [0.15, 0.2) is 41.3 Å². The minimum atomic E-state index is -0.653. The normalized spacial score (nSPS) is 15.4. The summed E-state index contributed by atoms with van der Waals surface area (Å²) in [6.45, 7) is 2.44. The van der Waals surface area contributed by atoms with Crippen LogP contribution in [0.1, 0.15) is 52.3 Å². The number of nitrogens with one attached hydrogen (secondary N) is 3. The van der Waals surface area contributed by atoms with Crippen molar-refractivity contribution in [3.8, 4) is 0 Å². The van der Waals surface area contributed by atoms with Gasteiger partial charge in [0.1, 0.15) is 6.04 Å². The summed E-state index contributed by atoms with van der Waals surface area (Å²) in [7, 11) is 1.60. The first-order chi connectivity index (χ1) is 16.4. The minimum Gasteiger partial charge on any atom is -0.403 e. The number of hydrogen-bond acceptors (Lipinski definition) is 7. The van der Waals surface area contributed by atoms with Gasteiger partial charge in [0.05, 0.1) is 27.0 Å². The lowest BCUT2D eigenvalue weighted by Crippen LogP contribution is -2.47. The molecule has 0 aromatic carbocycles. The molecule has 2 aromatic heterocycles. The van der Waals surface area contributed by atoms with Gasteiger partial charge in [-0.15, -0.1) is 11.3 Å². The molecule has 1 unspecified atom stereocenters. The largest absolute Gasteiger partial charge is 0.403 e. The Morgan fingerprint density at radius 2 is 2.12 bits per heavy atom. The predicted molar refractivity (Wildman–Crippen MR) is 138 cm³/mol. The van der Waals surface area contributed by atoms with Crippen molar-refractivity contribution in [1.82, 2.24) is 15.6 Å². The first kappa shape index (κ1) is 25.7. The molecule has 182 valence electrons. The zero-order valence-corrected chi connectivity index (χ0v) is 21.0. The average Bonchev–Trinajstić information content (AvgIpc) is 3.51. The van der Waals surface area contributed by atoms with E-state index in [4.69, 9.17) is 17.3 Å². The molecule has 2 amide bonds. The summed E-state index contributed by atoms with van der Waals surface area (Å²) in [5, 5.41) is 9.56. The number of nitrogens with zero attached hydrogens (tertiary/aromatic N) is 2. The Morgan fingerprint density at radius 3 is 2.82 bits per heavy atom. The summed E-state index contributed by atoms with van der Waals surface area (Å²) in [6, 6.07) is 4.85. The van der Waals surface area contributed by atoms with E-state index in [-0.39, 0.29) is 11.8 Å². The summed E-state index contributed by atoms with van der Waals surface area (Å²) < 4.78 is 0. The molecule has 0 bridgehead atoms. The van der Waals surface area contributed by atoms with Gasteiger partial charge in [0.2, 0.25) is 5.91 Å². The second-order valence-electron chi connectivity index (χ2n) is 8.32. The van der Waals surface area contributed by atoms with E-state index < -0.39 is 6.04 Å². The monoisotopic (exact) mass is 502 g/mol. The number of halogens is 1. The third-order valence-electron chi connectivity index (χ3n) is 5.77. The number of carbonyl (C=O) groups is 2. The highest BCUT2D eigenvalue weighted by atomic mass is 35.5. The number of carbonyl (C=O) groups excluding carboxylic acids is 2. The van der Waals surface area contributed by atoms with Crippen molar-refractivity contribution in [2.45, 2.75) is 51.6 Å². The van der Waals surface area contributed by atoms with Gasteiger partial charge in [0.25, 0.3) is 5.91 Å². The number of hydrogen-bond donors (Lipinski definition) is 4. The van der Waals surface area contributed by atoms with Crippen LogP contribution in [-0.4, -0.2) is 36.1 Å². The smallest absolute Gasteiger partial charge is 0.262 e. The molecule has 34 heavy (non-hydrogen) atoms. The molecule has 0 aliphatic heterocycles. The van der Waals surface area contributed by atoms with Crippen molar-refractivity contribution >= 4 is 46.7 Å². The minimum absolute atomic E-state index is 0.266. The Kier molecular flexibility index (Phi) is 9.47. The molecular weight excluding hydrogens is 472 g/mol. The number of pyridine rings is 1. The first-order valence-electron chi connectivity index (χ1n) is 11.3. The standard InChI is InChI=1S/C24H31ClN6O2S/c1-15-20(10-17(25)12-28-15)29-14-19-7-8-22(34-19)24(33)31-21(9-16-5-3-4-6-16)23(32)30-18(11-26)13-27-2/h7-8,10-13,16,21,29H,3-6,9,14,26H2,1-2H3,(H,30,32)(H,31,33)/b18-11+,27-13?. The highest BCUT2D eigenvalue weighted by molar-refractivity contribution is 7.14. The maximum absolute atomic E-state index is 13.0. The van der Waals surface area contributed by atoms with Gasteiger partial charge in [0, 0.05) is 37.1 Å². The summed E-state index contributed by atoms with van der Waals surface area (Å²) in [5.74, 6) is -0.143. The van der Waals surface area contributed by atoms with Gasteiger partial charge in [-0.05, 0) is 37.5 Å². The third kappa shape index (κ3) is 7.30. The van der Waals surface area contributed by atoms with Crippen LogP contribution in [0, 0.1) is 12.8 Å². The van der Waals surface area contributed by atoms with Crippen molar-refractivity contribution in [2.24, 2.45) is 16.6 Å². The Labute approximate surface area is 209 Å². The Balaban J connectivity index is 1.65. The molecule has 3 rings (SSSR count). The number of aliphatic imine (C=N–C) groups is 1. The number of nitrogens with two attached hydrogens (primary N) is 1. The van der Waals surface area contributed by atoms with Gasteiger partial charge in [-0.2, -0.15) is 0 Å². The number of rotatable bonds is 10. The number of amides is 2. The van der Waals surface area contributed by atoms with E-state index in [0.717, 1.165) is 41.9 Å². The van der Waals surface area contributed by atoms with Gasteiger partial charge in [0.15, 0.2) is 0 Å². The van der Waals surface area contributed by atoms with Gasteiger partial charge in [-0.25, -0.2) is 0 Å². The number of thiophene rings is 1. The highest BCUT2D eigenvalue weighted by Crippen LogP contribution is 2.29. The quantitative estimate of drug-likeness (QED) is 0.366. The zero-order chi connectivity index (χ0) is 24.5. The van der Waals surface area contributed by atoms with E-state index in [1.807, 2.05) is 19.1 Å². The fourth-order valence-corrected chi connectivity index (χ4v) is 5.00. The van der Waals surface area contributed by atoms with E-state index in [9.17, 15) is 9.59 Å². The Bertz CT molecular complexity index is 1060. The second-order valence-corrected chi connectivity index (χ2v) is 9.92. The average molecular weight is 503 g/mol. The third-order valence-corrected chi connectivity index (χ3v) is 7.06. The first-order valence-corrected chi connectivity index (χ1v) is 12.5. The van der Waals surface area contributed by atoms with Crippen LogP contribution in [-0.2, 0) is 11.3 Å². The zero-order valence-electron chi connectivity index (χ0n) is 19.4. The van der Waals surface area contributed by atoms with Gasteiger partial charge in [-0.1, -0.05) is 37.3 Å². The fraction of sp³-hybridized carbons (Fsp3) is 0.417. The highest BCUT2D eigenvalue weighted by Gasteiger charge is 2.27. The van der Waals surface area contributed by atoms with E-state index in [0.29, 0.717) is 34.5 Å². The Hall–Kier alpha value is -2.91. The van der Waals surface area contributed by atoms with Crippen molar-refractivity contribution in [2.75, 3.05) is 12.4 Å². The molecule has 0 saturated heterocycles. The lowest BCUT2D eigenvalue weighted by Gasteiger charge is -2.21. The Morgan fingerprint density at radius 1 is 1.35 bits per heavy atom. The van der Waals surface area contributed by atoms with Crippen LogP contribution in [0.4, 0.5) is 5.69 Å². The fourth-order valence-electron chi connectivity index (χ4n) is 3.99. The predicted octanol–water partition coefficient (Wildman–Crippen LogP) is 4.01. The molecule has 10 heteroatoms. The lowest BCUT2D eigenvalue weighted by molar-refractivity contribution is -0.122. The van der Waals surface area contributed by atoms with Crippen molar-refractivity contribution in [1.29, 1.82) is 0 Å². The maximum Gasteiger partial charge on any atom is 0.262 e. The molecule has 1 atom stereocenters. The number of aryl methyl sites for hydroxylation is 1. The molecule has 5 N–H and O–H groups in total. The molecule has 1 fully saturated rings. The summed E-state index contributed by atoms with van der Waals surface area (Å²) in [6.07, 6.45) is 9.43. The van der Waals surface area contributed by atoms with Crippen LogP contribution in [0.5, 0.6) is 0 Å². The molecule has 8 nitrogen and oxygen atoms in total. The van der Waals surface area contributed by atoms with Gasteiger partial charge < -0.3 is 21.7 Å². The van der Waals surface area contributed by atoms with Crippen molar-refractivity contribution in [3.63, 3.8) is 0 Å².